The maximum Gasteiger partial charge on any atom is 0.326 e. The summed E-state index contributed by atoms with van der Waals surface area (Å²) in [5.41, 5.74) is 0.243. The van der Waals surface area contributed by atoms with Crippen LogP contribution in [0.2, 0.25) is 5.15 Å². The number of nitrogens with zero attached hydrogens (tertiary/aromatic N) is 2. The average molecular weight is 287 g/mol. The molecular formula is C11H11ClN2O3S. The molecule has 0 aliphatic carbocycles. The zero-order chi connectivity index (χ0) is 13.1. The fourth-order valence-corrected chi connectivity index (χ4v) is 2.97. The minimum atomic E-state index is -0.983. The van der Waals surface area contributed by atoms with Crippen molar-refractivity contribution >= 4 is 35.2 Å². The highest BCUT2D eigenvalue weighted by molar-refractivity contribution is 7.99. The van der Waals surface area contributed by atoms with E-state index in [-0.39, 0.29) is 16.6 Å². The van der Waals surface area contributed by atoms with E-state index in [1.807, 2.05) is 0 Å². The first-order valence-corrected chi connectivity index (χ1v) is 6.86. The SMILES string of the molecule is O=C(O)C1CCSCN1C(=O)c1cccnc1Cl. The Morgan fingerprint density at radius 3 is 3.00 bits per heavy atom. The van der Waals surface area contributed by atoms with E-state index in [9.17, 15) is 9.59 Å². The van der Waals surface area contributed by atoms with E-state index in [1.165, 1.54) is 22.9 Å². The number of carbonyl (C=O) groups is 2. The summed E-state index contributed by atoms with van der Waals surface area (Å²) in [7, 11) is 0. The summed E-state index contributed by atoms with van der Waals surface area (Å²) in [6.07, 6.45) is 1.93. The highest BCUT2D eigenvalue weighted by atomic mass is 35.5. The van der Waals surface area contributed by atoms with Crippen LogP contribution in [-0.4, -0.2) is 44.5 Å². The van der Waals surface area contributed by atoms with Crippen LogP contribution in [0.3, 0.4) is 0 Å². The molecule has 1 unspecified atom stereocenters. The van der Waals surface area contributed by atoms with Gasteiger partial charge in [-0.2, -0.15) is 0 Å². The lowest BCUT2D eigenvalue weighted by Crippen LogP contribution is -2.47. The maximum atomic E-state index is 12.3. The summed E-state index contributed by atoms with van der Waals surface area (Å²) in [6, 6.07) is 2.37. The van der Waals surface area contributed by atoms with Gasteiger partial charge in [0.1, 0.15) is 11.2 Å². The van der Waals surface area contributed by atoms with Crippen molar-refractivity contribution < 1.29 is 14.7 Å². The third-order valence-corrected chi connectivity index (χ3v) is 3.96. The second-order valence-corrected chi connectivity index (χ2v) is 5.23. The summed E-state index contributed by atoms with van der Waals surface area (Å²) in [4.78, 5) is 28.6. The molecule has 1 aliphatic heterocycles. The summed E-state index contributed by atoms with van der Waals surface area (Å²) < 4.78 is 0. The van der Waals surface area contributed by atoms with Gasteiger partial charge in [-0.1, -0.05) is 11.6 Å². The largest absolute Gasteiger partial charge is 0.480 e. The van der Waals surface area contributed by atoms with E-state index in [0.29, 0.717) is 12.3 Å². The zero-order valence-corrected chi connectivity index (χ0v) is 10.9. The third-order valence-electron chi connectivity index (χ3n) is 2.68. The molecule has 0 spiro atoms. The Bertz CT molecular complexity index is 483. The number of amides is 1. The normalized spacial score (nSPS) is 19.6. The number of halogens is 1. The van der Waals surface area contributed by atoms with Crippen molar-refractivity contribution in [3.05, 3.63) is 29.0 Å². The smallest absolute Gasteiger partial charge is 0.326 e. The Morgan fingerprint density at radius 1 is 1.56 bits per heavy atom. The monoisotopic (exact) mass is 286 g/mol. The molecule has 1 aliphatic rings. The van der Waals surface area contributed by atoms with E-state index in [4.69, 9.17) is 16.7 Å². The quantitative estimate of drug-likeness (QED) is 0.838. The van der Waals surface area contributed by atoms with Crippen LogP contribution in [0.1, 0.15) is 16.8 Å². The highest BCUT2D eigenvalue weighted by Crippen LogP contribution is 2.24. The lowest BCUT2D eigenvalue weighted by Gasteiger charge is -2.32. The van der Waals surface area contributed by atoms with Crippen LogP contribution < -0.4 is 0 Å². The van der Waals surface area contributed by atoms with Crippen molar-refractivity contribution in [3.8, 4) is 0 Å². The topological polar surface area (TPSA) is 70.5 Å². The van der Waals surface area contributed by atoms with Gasteiger partial charge >= 0.3 is 5.97 Å². The number of carboxylic acid groups (broad SMARTS) is 1. The molecule has 0 aromatic carbocycles. The summed E-state index contributed by atoms with van der Waals surface area (Å²) in [5.74, 6) is -0.265. The fourth-order valence-electron chi connectivity index (χ4n) is 1.76. The molecule has 18 heavy (non-hydrogen) atoms. The standard InChI is InChI=1S/C11H11ClN2O3S/c12-9-7(2-1-4-13-9)10(15)14-6-18-5-3-8(14)11(16)17/h1-2,4,8H,3,5-6H2,(H,16,17). The Hall–Kier alpha value is -1.27. The number of carbonyl (C=O) groups excluding carboxylic acids is 1. The maximum absolute atomic E-state index is 12.3. The molecule has 2 rings (SSSR count). The van der Waals surface area contributed by atoms with Gasteiger partial charge < -0.3 is 10.0 Å². The summed E-state index contributed by atoms with van der Waals surface area (Å²) in [5, 5.41) is 9.22. The van der Waals surface area contributed by atoms with Crippen LogP contribution in [0.25, 0.3) is 0 Å². The molecule has 7 heteroatoms. The van der Waals surface area contributed by atoms with Gasteiger partial charge in [0.15, 0.2) is 0 Å². The van der Waals surface area contributed by atoms with Crippen LogP contribution in [0.15, 0.2) is 18.3 Å². The van der Waals surface area contributed by atoms with Gasteiger partial charge in [-0.15, -0.1) is 11.8 Å². The van der Waals surface area contributed by atoms with E-state index in [0.717, 1.165) is 5.75 Å². The van der Waals surface area contributed by atoms with E-state index < -0.39 is 12.0 Å². The second kappa shape index (κ2) is 5.58. The first-order valence-electron chi connectivity index (χ1n) is 5.33. The molecule has 0 saturated carbocycles. The number of hydrogen-bond acceptors (Lipinski definition) is 4. The van der Waals surface area contributed by atoms with Gasteiger partial charge in [-0.25, -0.2) is 9.78 Å². The Morgan fingerprint density at radius 2 is 2.33 bits per heavy atom. The molecule has 1 N–H and O–H groups in total. The Balaban J connectivity index is 2.27. The first kappa shape index (κ1) is 13.2. The number of aromatic nitrogens is 1. The van der Waals surface area contributed by atoms with Gasteiger partial charge in [-0.3, -0.25) is 4.79 Å². The number of carboxylic acids is 1. The lowest BCUT2D eigenvalue weighted by molar-refractivity contribution is -0.142. The number of aliphatic carboxylic acids is 1. The van der Waals surface area contributed by atoms with Crippen molar-refractivity contribution in [2.24, 2.45) is 0 Å². The molecule has 1 saturated heterocycles. The number of hydrogen-bond donors (Lipinski definition) is 1. The van der Waals surface area contributed by atoms with Crippen LogP contribution >= 0.6 is 23.4 Å². The van der Waals surface area contributed by atoms with E-state index in [2.05, 4.69) is 4.98 Å². The van der Waals surface area contributed by atoms with Crippen molar-refractivity contribution in [3.63, 3.8) is 0 Å². The number of pyridine rings is 1. The second-order valence-electron chi connectivity index (χ2n) is 3.80. The van der Waals surface area contributed by atoms with Crippen LogP contribution in [0.5, 0.6) is 0 Å². The molecule has 0 bridgehead atoms. The number of thioether (sulfide) groups is 1. The van der Waals surface area contributed by atoms with Crippen molar-refractivity contribution in [2.45, 2.75) is 12.5 Å². The van der Waals surface area contributed by atoms with Crippen LogP contribution in [0.4, 0.5) is 0 Å². The predicted molar refractivity (Wildman–Crippen MR) is 68.8 cm³/mol. The highest BCUT2D eigenvalue weighted by Gasteiger charge is 2.33. The van der Waals surface area contributed by atoms with Gasteiger partial charge in [0.2, 0.25) is 0 Å². The minimum absolute atomic E-state index is 0.0993. The molecule has 1 amide bonds. The fraction of sp³-hybridized carbons (Fsp3) is 0.364. The van der Waals surface area contributed by atoms with Crippen LogP contribution in [0, 0.1) is 0 Å². The van der Waals surface area contributed by atoms with Crippen molar-refractivity contribution in [1.29, 1.82) is 0 Å². The molecule has 2 heterocycles. The first-order chi connectivity index (χ1) is 8.61. The van der Waals surface area contributed by atoms with Crippen molar-refractivity contribution in [2.75, 3.05) is 11.6 Å². The summed E-state index contributed by atoms with van der Waals surface area (Å²) >= 11 is 7.38. The molecule has 1 aromatic rings. The van der Waals surface area contributed by atoms with E-state index >= 15 is 0 Å². The minimum Gasteiger partial charge on any atom is -0.480 e. The van der Waals surface area contributed by atoms with Crippen molar-refractivity contribution in [1.82, 2.24) is 9.88 Å². The van der Waals surface area contributed by atoms with Gasteiger partial charge in [-0.05, 0) is 24.3 Å². The van der Waals surface area contributed by atoms with Gasteiger partial charge in [0.25, 0.3) is 5.91 Å². The molecule has 96 valence electrons. The lowest BCUT2D eigenvalue weighted by atomic mass is 10.1. The third kappa shape index (κ3) is 2.59. The zero-order valence-electron chi connectivity index (χ0n) is 9.38. The average Bonchev–Trinajstić information content (AvgIpc) is 2.38. The molecule has 1 atom stereocenters. The van der Waals surface area contributed by atoms with Crippen LogP contribution in [-0.2, 0) is 4.79 Å². The predicted octanol–water partition coefficient (Wildman–Crippen LogP) is 1.72. The molecule has 5 nitrogen and oxygen atoms in total. The molecule has 1 aromatic heterocycles. The molecular weight excluding hydrogens is 276 g/mol. The van der Waals surface area contributed by atoms with E-state index in [1.54, 1.807) is 12.1 Å². The molecule has 1 fully saturated rings. The van der Waals surface area contributed by atoms with Gasteiger partial charge in [0.05, 0.1) is 11.4 Å². The van der Waals surface area contributed by atoms with Gasteiger partial charge in [0, 0.05) is 6.20 Å². The Kier molecular flexibility index (Phi) is 4.08. The molecule has 0 radical (unpaired) electrons. The Labute approximate surface area is 113 Å². The summed E-state index contributed by atoms with van der Waals surface area (Å²) in [6.45, 7) is 0. The number of rotatable bonds is 2.